The van der Waals surface area contributed by atoms with Crippen molar-refractivity contribution in [2.45, 2.75) is 19.8 Å². The van der Waals surface area contributed by atoms with Crippen molar-refractivity contribution in [2.75, 3.05) is 0 Å². The van der Waals surface area contributed by atoms with E-state index in [1.54, 1.807) is 0 Å². The molecule has 0 aliphatic heterocycles. The third-order valence-electron chi connectivity index (χ3n) is 1.93. The summed E-state index contributed by atoms with van der Waals surface area (Å²) in [5.74, 6) is -2.22. The molecule has 0 bridgehead atoms. The maximum atomic E-state index is 10.7. The maximum Gasteiger partial charge on any atom is 0.352 e. The van der Waals surface area contributed by atoms with Gasteiger partial charge in [-0.15, -0.1) is 0 Å². The quantitative estimate of drug-likeness (QED) is 0.679. The molecule has 3 N–H and O–H groups in total. The van der Waals surface area contributed by atoms with Crippen molar-refractivity contribution in [2.24, 2.45) is 0 Å². The number of H-pyrrole nitrogens is 1. The first kappa shape index (κ1) is 10.3. The third-order valence-corrected chi connectivity index (χ3v) is 1.93. The Morgan fingerprint density at radius 1 is 1.36 bits per heavy atom. The molecule has 1 rings (SSSR count). The summed E-state index contributed by atoms with van der Waals surface area (Å²) in [6, 6.07) is 0. The van der Waals surface area contributed by atoms with Crippen LogP contribution in [0.3, 0.4) is 0 Å². The van der Waals surface area contributed by atoms with Crippen LogP contribution in [-0.4, -0.2) is 27.1 Å². The van der Waals surface area contributed by atoms with Crippen LogP contribution in [0.25, 0.3) is 0 Å². The van der Waals surface area contributed by atoms with Crippen LogP contribution in [0.1, 0.15) is 39.8 Å². The van der Waals surface area contributed by atoms with Crippen molar-refractivity contribution < 1.29 is 19.8 Å². The molecule has 0 radical (unpaired) electrons. The number of carbonyl (C=O) groups is 2. The highest BCUT2D eigenvalue weighted by Crippen LogP contribution is 2.16. The molecule has 0 spiro atoms. The van der Waals surface area contributed by atoms with Gasteiger partial charge in [0.2, 0.25) is 0 Å². The minimum atomic E-state index is -1.12. The van der Waals surface area contributed by atoms with Gasteiger partial charge in [0, 0.05) is 6.20 Å². The van der Waals surface area contributed by atoms with E-state index >= 15 is 0 Å². The fraction of sp³-hybridized carbons (Fsp3) is 0.333. The molecule has 76 valence electrons. The first-order valence-corrected chi connectivity index (χ1v) is 4.24. The van der Waals surface area contributed by atoms with E-state index < -0.39 is 11.9 Å². The maximum absolute atomic E-state index is 10.7. The minimum Gasteiger partial charge on any atom is -0.478 e. The van der Waals surface area contributed by atoms with Crippen LogP contribution in [-0.2, 0) is 6.42 Å². The molecule has 1 aromatic rings. The second kappa shape index (κ2) is 3.95. The summed E-state index contributed by atoms with van der Waals surface area (Å²) < 4.78 is 0. The summed E-state index contributed by atoms with van der Waals surface area (Å²) in [6.45, 7) is 1.87. The topological polar surface area (TPSA) is 90.4 Å². The van der Waals surface area contributed by atoms with E-state index in [1.807, 2.05) is 6.92 Å². The molecule has 0 saturated heterocycles. The largest absolute Gasteiger partial charge is 0.478 e. The van der Waals surface area contributed by atoms with Crippen LogP contribution in [0, 0.1) is 0 Å². The predicted octanol–water partition coefficient (Wildman–Crippen LogP) is 1.36. The molecular weight excluding hydrogens is 186 g/mol. The number of carboxylic acids is 2. The van der Waals surface area contributed by atoms with Crippen LogP contribution < -0.4 is 0 Å². The lowest BCUT2D eigenvalue weighted by Gasteiger charge is -1.99. The number of aromatic nitrogens is 1. The molecule has 1 aromatic heterocycles. The molecule has 5 heteroatoms. The molecule has 0 atom stereocenters. The van der Waals surface area contributed by atoms with Gasteiger partial charge in [-0.25, -0.2) is 9.59 Å². The summed E-state index contributed by atoms with van der Waals surface area (Å²) >= 11 is 0. The van der Waals surface area contributed by atoms with Crippen LogP contribution in [0.2, 0.25) is 0 Å². The van der Waals surface area contributed by atoms with Crippen molar-refractivity contribution in [1.29, 1.82) is 0 Å². The Kier molecular flexibility index (Phi) is 2.91. The van der Waals surface area contributed by atoms with E-state index in [1.165, 1.54) is 6.20 Å². The number of aromatic amines is 1. The average Bonchev–Trinajstić information content (AvgIpc) is 2.48. The second-order valence-electron chi connectivity index (χ2n) is 2.92. The van der Waals surface area contributed by atoms with Crippen molar-refractivity contribution in [3.8, 4) is 0 Å². The lowest BCUT2D eigenvalue weighted by molar-refractivity contribution is 0.0688. The van der Waals surface area contributed by atoms with Gasteiger partial charge >= 0.3 is 11.9 Å². The first-order valence-electron chi connectivity index (χ1n) is 4.24. The number of hydrogen-bond donors (Lipinski definition) is 3. The molecule has 1 heterocycles. The minimum absolute atomic E-state index is 0.0238. The summed E-state index contributed by atoms with van der Waals surface area (Å²) in [4.78, 5) is 23.9. The van der Waals surface area contributed by atoms with Crippen molar-refractivity contribution in [3.63, 3.8) is 0 Å². The SMILES string of the molecule is CCCc1c(C(=O)O)c[nH]c1C(=O)O. The molecule has 0 amide bonds. The summed E-state index contributed by atoms with van der Waals surface area (Å²) in [5, 5.41) is 17.5. The van der Waals surface area contributed by atoms with E-state index in [4.69, 9.17) is 10.2 Å². The molecule has 14 heavy (non-hydrogen) atoms. The van der Waals surface area contributed by atoms with Gasteiger partial charge in [-0.2, -0.15) is 0 Å². The predicted molar refractivity (Wildman–Crippen MR) is 48.7 cm³/mol. The highest BCUT2D eigenvalue weighted by Gasteiger charge is 2.19. The monoisotopic (exact) mass is 197 g/mol. The lowest BCUT2D eigenvalue weighted by Crippen LogP contribution is -2.05. The fourth-order valence-corrected chi connectivity index (χ4v) is 1.34. The zero-order valence-corrected chi connectivity index (χ0v) is 7.70. The molecule has 0 fully saturated rings. The zero-order chi connectivity index (χ0) is 10.7. The molecule has 0 aliphatic rings. The lowest BCUT2D eigenvalue weighted by atomic mass is 10.1. The fourth-order valence-electron chi connectivity index (χ4n) is 1.34. The number of rotatable bonds is 4. The van der Waals surface area contributed by atoms with E-state index in [0.717, 1.165) is 0 Å². The summed E-state index contributed by atoms with van der Waals surface area (Å²) in [7, 11) is 0. The van der Waals surface area contributed by atoms with Crippen molar-refractivity contribution in [1.82, 2.24) is 4.98 Å². The Labute approximate surface area is 80.4 Å². The van der Waals surface area contributed by atoms with E-state index in [2.05, 4.69) is 4.98 Å². The Morgan fingerprint density at radius 2 is 2.00 bits per heavy atom. The second-order valence-corrected chi connectivity index (χ2v) is 2.92. The van der Waals surface area contributed by atoms with Gasteiger partial charge in [0.1, 0.15) is 5.69 Å². The van der Waals surface area contributed by atoms with Gasteiger partial charge in [0.25, 0.3) is 0 Å². The molecule has 0 aromatic carbocycles. The standard InChI is InChI=1S/C9H11NO4/c1-2-3-5-6(8(11)12)4-10-7(5)9(13)14/h4,10H,2-3H2,1H3,(H,11,12)(H,13,14). The van der Waals surface area contributed by atoms with E-state index in [0.29, 0.717) is 18.4 Å². The zero-order valence-electron chi connectivity index (χ0n) is 7.70. The van der Waals surface area contributed by atoms with E-state index in [9.17, 15) is 9.59 Å². The molecule has 5 nitrogen and oxygen atoms in total. The number of carboxylic acid groups (broad SMARTS) is 2. The highest BCUT2D eigenvalue weighted by molar-refractivity contribution is 5.95. The number of hydrogen-bond acceptors (Lipinski definition) is 2. The van der Waals surface area contributed by atoms with Gasteiger partial charge in [0.15, 0.2) is 0 Å². The van der Waals surface area contributed by atoms with Crippen LogP contribution in [0.15, 0.2) is 6.20 Å². The van der Waals surface area contributed by atoms with Gasteiger partial charge < -0.3 is 15.2 Å². The average molecular weight is 197 g/mol. The molecule has 0 saturated carbocycles. The van der Waals surface area contributed by atoms with Crippen molar-refractivity contribution in [3.05, 3.63) is 23.0 Å². The summed E-state index contributed by atoms with van der Waals surface area (Å²) in [6.07, 6.45) is 2.38. The van der Waals surface area contributed by atoms with Crippen molar-refractivity contribution >= 4 is 11.9 Å². The smallest absolute Gasteiger partial charge is 0.352 e. The summed E-state index contributed by atoms with van der Waals surface area (Å²) in [5.41, 5.74) is 0.390. The van der Waals surface area contributed by atoms with Crippen LogP contribution in [0.4, 0.5) is 0 Å². The number of nitrogens with one attached hydrogen (secondary N) is 1. The molecule has 0 aliphatic carbocycles. The molecule has 0 unspecified atom stereocenters. The highest BCUT2D eigenvalue weighted by atomic mass is 16.4. The Bertz CT molecular complexity index is 335. The van der Waals surface area contributed by atoms with Gasteiger partial charge in [-0.3, -0.25) is 0 Å². The van der Waals surface area contributed by atoms with Crippen LogP contribution >= 0.6 is 0 Å². The number of aromatic carboxylic acids is 2. The third kappa shape index (κ3) is 1.76. The van der Waals surface area contributed by atoms with Gasteiger partial charge in [0.05, 0.1) is 5.56 Å². The van der Waals surface area contributed by atoms with Gasteiger partial charge in [-0.05, 0) is 12.0 Å². The normalized spacial score (nSPS) is 10.1. The Balaban J connectivity index is 3.19. The first-order chi connectivity index (χ1) is 6.57. The Hall–Kier alpha value is -1.78. The Morgan fingerprint density at radius 3 is 2.43 bits per heavy atom. The van der Waals surface area contributed by atoms with Gasteiger partial charge in [-0.1, -0.05) is 13.3 Å². The van der Waals surface area contributed by atoms with E-state index in [-0.39, 0.29) is 11.3 Å². The van der Waals surface area contributed by atoms with Crippen LogP contribution in [0.5, 0.6) is 0 Å². The molecular formula is C9H11NO4.